The summed E-state index contributed by atoms with van der Waals surface area (Å²) in [6.07, 6.45) is 1.13. The summed E-state index contributed by atoms with van der Waals surface area (Å²) < 4.78 is 13.4. The molecule has 1 fully saturated rings. The van der Waals surface area contributed by atoms with Gasteiger partial charge >= 0.3 is 0 Å². The molecule has 0 spiro atoms. The zero-order chi connectivity index (χ0) is 11.0. The number of hydrogen-bond acceptors (Lipinski definition) is 1. The molecule has 1 aromatic carbocycles. The highest BCUT2D eigenvalue weighted by molar-refractivity contribution is 5.29. The van der Waals surface area contributed by atoms with Crippen LogP contribution in [0.2, 0.25) is 0 Å². The fraction of sp³-hybridized carbons (Fsp3) is 0.538. The third kappa shape index (κ3) is 1.78. The minimum Gasteiger partial charge on any atom is -0.317 e. The molecule has 0 aliphatic heterocycles. The van der Waals surface area contributed by atoms with Gasteiger partial charge in [-0.3, -0.25) is 0 Å². The standard InChI is InChI=1S/C13H18FN/c1-8-4-5-10(6-12(8)14)11-7-13(15-3)9(11)2/h4-6,9,11,13,15H,7H2,1-3H3. The summed E-state index contributed by atoms with van der Waals surface area (Å²) in [6.45, 7) is 4.03. The maximum absolute atomic E-state index is 13.4. The minimum atomic E-state index is -0.0763. The molecule has 2 heteroatoms. The first kappa shape index (κ1) is 10.6. The molecule has 0 bridgehead atoms. The van der Waals surface area contributed by atoms with Gasteiger partial charge in [-0.15, -0.1) is 0 Å². The lowest BCUT2D eigenvalue weighted by Gasteiger charge is -2.43. The maximum Gasteiger partial charge on any atom is 0.126 e. The minimum absolute atomic E-state index is 0.0763. The Hall–Kier alpha value is -0.890. The zero-order valence-electron chi connectivity index (χ0n) is 9.55. The molecule has 15 heavy (non-hydrogen) atoms. The van der Waals surface area contributed by atoms with Crippen molar-refractivity contribution in [2.24, 2.45) is 5.92 Å². The van der Waals surface area contributed by atoms with Crippen molar-refractivity contribution in [1.82, 2.24) is 5.32 Å². The second-order valence-electron chi connectivity index (χ2n) is 4.61. The van der Waals surface area contributed by atoms with Gasteiger partial charge in [-0.2, -0.15) is 0 Å². The van der Waals surface area contributed by atoms with E-state index in [-0.39, 0.29) is 5.82 Å². The van der Waals surface area contributed by atoms with Gasteiger partial charge in [0.2, 0.25) is 0 Å². The van der Waals surface area contributed by atoms with Crippen LogP contribution in [0.3, 0.4) is 0 Å². The van der Waals surface area contributed by atoms with Gasteiger partial charge in [0.25, 0.3) is 0 Å². The third-order valence-electron chi connectivity index (χ3n) is 3.77. The van der Waals surface area contributed by atoms with Crippen LogP contribution in [0.15, 0.2) is 18.2 Å². The molecule has 0 heterocycles. The van der Waals surface area contributed by atoms with E-state index in [2.05, 4.69) is 18.3 Å². The smallest absolute Gasteiger partial charge is 0.126 e. The number of benzene rings is 1. The van der Waals surface area contributed by atoms with E-state index in [0.717, 1.165) is 17.5 Å². The van der Waals surface area contributed by atoms with Crippen LogP contribution in [-0.4, -0.2) is 13.1 Å². The molecule has 1 aromatic rings. The van der Waals surface area contributed by atoms with E-state index in [1.54, 1.807) is 13.0 Å². The molecule has 1 aliphatic carbocycles. The molecular weight excluding hydrogens is 189 g/mol. The predicted octanol–water partition coefficient (Wildman–Crippen LogP) is 2.85. The average molecular weight is 207 g/mol. The van der Waals surface area contributed by atoms with Gasteiger partial charge in [-0.05, 0) is 49.4 Å². The molecule has 1 aliphatic rings. The van der Waals surface area contributed by atoms with Gasteiger partial charge in [0.1, 0.15) is 5.82 Å². The Kier molecular flexibility index (Phi) is 2.79. The van der Waals surface area contributed by atoms with Crippen LogP contribution in [-0.2, 0) is 0 Å². The second-order valence-corrected chi connectivity index (χ2v) is 4.61. The number of aryl methyl sites for hydroxylation is 1. The lowest BCUT2D eigenvalue weighted by Crippen LogP contribution is -2.46. The maximum atomic E-state index is 13.4. The molecule has 3 atom stereocenters. The second kappa shape index (κ2) is 3.93. The van der Waals surface area contributed by atoms with Gasteiger partial charge in [0.15, 0.2) is 0 Å². The van der Waals surface area contributed by atoms with Crippen molar-refractivity contribution in [3.63, 3.8) is 0 Å². The largest absolute Gasteiger partial charge is 0.317 e. The Morgan fingerprint density at radius 3 is 2.67 bits per heavy atom. The van der Waals surface area contributed by atoms with Crippen LogP contribution in [0, 0.1) is 18.7 Å². The summed E-state index contributed by atoms with van der Waals surface area (Å²) >= 11 is 0. The van der Waals surface area contributed by atoms with Gasteiger partial charge < -0.3 is 5.32 Å². The van der Waals surface area contributed by atoms with Crippen LogP contribution in [0.5, 0.6) is 0 Å². The molecule has 3 unspecified atom stereocenters. The lowest BCUT2D eigenvalue weighted by atomic mass is 9.67. The van der Waals surface area contributed by atoms with E-state index >= 15 is 0 Å². The normalized spacial score (nSPS) is 30.0. The van der Waals surface area contributed by atoms with Crippen LogP contribution >= 0.6 is 0 Å². The molecule has 0 radical (unpaired) electrons. The van der Waals surface area contributed by atoms with Crippen LogP contribution in [0.1, 0.15) is 30.4 Å². The molecule has 1 nitrogen and oxygen atoms in total. The molecule has 1 N–H and O–H groups in total. The van der Waals surface area contributed by atoms with Crippen molar-refractivity contribution < 1.29 is 4.39 Å². The van der Waals surface area contributed by atoms with Gasteiger partial charge in [0.05, 0.1) is 0 Å². The van der Waals surface area contributed by atoms with E-state index in [9.17, 15) is 4.39 Å². The first-order chi connectivity index (χ1) is 7.13. The molecular formula is C13H18FN. The Bertz CT molecular complexity index is 362. The van der Waals surface area contributed by atoms with Gasteiger partial charge in [-0.25, -0.2) is 4.39 Å². The van der Waals surface area contributed by atoms with Crippen molar-refractivity contribution in [3.8, 4) is 0 Å². The predicted molar refractivity (Wildman–Crippen MR) is 60.5 cm³/mol. The van der Waals surface area contributed by atoms with Crippen LogP contribution < -0.4 is 5.32 Å². The highest BCUT2D eigenvalue weighted by Gasteiger charge is 2.37. The summed E-state index contributed by atoms with van der Waals surface area (Å²) in [4.78, 5) is 0. The monoisotopic (exact) mass is 207 g/mol. The first-order valence-corrected chi connectivity index (χ1v) is 5.56. The summed E-state index contributed by atoms with van der Waals surface area (Å²) in [5.74, 6) is 1.06. The van der Waals surface area contributed by atoms with E-state index < -0.39 is 0 Å². The Morgan fingerprint density at radius 2 is 2.13 bits per heavy atom. The molecule has 82 valence electrons. The van der Waals surface area contributed by atoms with Crippen molar-refractivity contribution in [3.05, 3.63) is 35.1 Å². The van der Waals surface area contributed by atoms with E-state index in [0.29, 0.717) is 17.9 Å². The Labute approximate surface area is 90.7 Å². The fourth-order valence-electron chi connectivity index (χ4n) is 2.45. The van der Waals surface area contributed by atoms with Crippen molar-refractivity contribution >= 4 is 0 Å². The van der Waals surface area contributed by atoms with Crippen molar-refractivity contribution in [2.45, 2.75) is 32.2 Å². The summed E-state index contributed by atoms with van der Waals surface area (Å²) in [5, 5.41) is 3.28. The topological polar surface area (TPSA) is 12.0 Å². The number of halogens is 1. The van der Waals surface area contributed by atoms with E-state index in [1.807, 2.05) is 13.1 Å². The van der Waals surface area contributed by atoms with E-state index in [1.165, 1.54) is 0 Å². The SMILES string of the molecule is CNC1CC(c2ccc(C)c(F)c2)C1C. The molecule has 1 saturated carbocycles. The summed E-state index contributed by atoms with van der Waals surface area (Å²) in [7, 11) is 1.99. The Balaban J connectivity index is 2.15. The molecule has 2 rings (SSSR count). The van der Waals surface area contributed by atoms with Gasteiger partial charge in [-0.1, -0.05) is 19.1 Å². The first-order valence-electron chi connectivity index (χ1n) is 5.56. The molecule has 0 amide bonds. The summed E-state index contributed by atoms with van der Waals surface area (Å²) in [6, 6.07) is 6.23. The zero-order valence-corrected chi connectivity index (χ0v) is 9.55. The molecule has 0 saturated heterocycles. The van der Waals surface area contributed by atoms with Crippen LogP contribution in [0.25, 0.3) is 0 Å². The number of nitrogens with one attached hydrogen (secondary N) is 1. The third-order valence-corrected chi connectivity index (χ3v) is 3.77. The van der Waals surface area contributed by atoms with Crippen LogP contribution in [0.4, 0.5) is 4.39 Å². The fourth-order valence-corrected chi connectivity index (χ4v) is 2.45. The number of rotatable bonds is 2. The molecule has 0 aromatic heterocycles. The van der Waals surface area contributed by atoms with Crippen molar-refractivity contribution in [2.75, 3.05) is 7.05 Å². The number of hydrogen-bond donors (Lipinski definition) is 1. The highest BCUT2D eigenvalue weighted by Crippen LogP contribution is 2.42. The van der Waals surface area contributed by atoms with E-state index in [4.69, 9.17) is 0 Å². The summed E-state index contributed by atoms with van der Waals surface area (Å²) in [5.41, 5.74) is 1.88. The Morgan fingerprint density at radius 1 is 1.40 bits per heavy atom. The van der Waals surface area contributed by atoms with Crippen molar-refractivity contribution in [1.29, 1.82) is 0 Å². The quantitative estimate of drug-likeness (QED) is 0.786. The van der Waals surface area contributed by atoms with Gasteiger partial charge in [0, 0.05) is 6.04 Å². The lowest BCUT2D eigenvalue weighted by molar-refractivity contribution is 0.194. The average Bonchev–Trinajstić information content (AvgIpc) is 2.22. The highest BCUT2D eigenvalue weighted by atomic mass is 19.1.